The molecule has 4 N–H and O–H groups in total. The molecule has 6 nitrogen and oxygen atoms in total. The van der Waals surface area contributed by atoms with E-state index in [-0.39, 0.29) is 30.6 Å². The topological polar surface area (TPSA) is 101 Å². The van der Waals surface area contributed by atoms with Crippen LogP contribution >= 0.6 is 12.4 Å². The fourth-order valence-corrected chi connectivity index (χ4v) is 3.15. The zero-order valence-corrected chi connectivity index (χ0v) is 14.5. The Hall–Kier alpha value is -0.370. The van der Waals surface area contributed by atoms with Crippen molar-refractivity contribution in [3.05, 3.63) is 0 Å². The lowest BCUT2D eigenvalue weighted by Gasteiger charge is -2.25. The molecule has 1 unspecified atom stereocenters. The van der Waals surface area contributed by atoms with Gasteiger partial charge in [0.1, 0.15) is 0 Å². The van der Waals surface area contributed by atoms with Crippen molar-refractivity contribution in [3.8, 4) is 0 Å². The number of nitrogens with one attached hydrogen (secondary N) is 2. The molecule has 0 radical (unpaired) electrons. The molecule has 1 atom stereocenters. The smallest absolute Gasteiger partial charge is 0.239 e. The molecule has 1 aliphatic carbocycles. The first-order chi connectivity index (χ1) is 9.27. The van der Waals surface area contributed by atoms with Crippen LogP contribution in [0.5, 0.6) is 0 Å². The molecular formula is C13H28ClN3O3S. The Bertz CT molecular complexity index is 422. The highest BCUT2D eigenvalue weighted by Crippen LogP contribution is 2.25. The summed E-state index contributed by atoms with van der Waals surface area (Å²) in [5, 5.41) is 2.60. The maximum Gasteiger partial charge on any atom is 0.239 e. The van der Waals surface area contributed by atoms with Gasteiger partial charge in [-0.1, -0.05) is 19.8 Å². The molecule has 1 amide bonds. The molecule has 0 aromatic carbocycles. The van der Waals surface area contributed by atoms with Crippen LogP contribution in [0.1, 0.15) is 46.0 Å². The summed E-state index contributed by atoms with van der Waals surface area (Å²) >= 11 is 0. The first kappa shape index (κ1) is 20.6. The largest absolute Gasteiger partial charge is 0.353 e. The standard InChI is InChI=1S/C13H27N3O3S.ClH/c1-3-7-13(2,14)12(17)15-8-9-20(18,19)16-10-11-5-4-6-11;/h11,16H,3-10,14H2,1-2H3,(H,15,17);1H. The summed E-state index contributed by atoms with van der Waals surface area (Å²) in [5.41, 5.74) is 4.93. The van der Waals surface area contributed by atoms with Crippen molar-refractivity contribution in [3.63, 3.8) is 0 Å². The number of carbonyl (C=O) groups excluding carboxylic acids is 1. The van der Waals surface area contributed by atoms with Crippen LogP contribution < -0.4 is 15.8 Å². The van der Waals surface area contributed by atoms with Crippen LogP contribution in [0.25, 0.3) is 0 Å². The molecule has 1 aliphatic rings. The van der Waals surface area contributed by atoms with Gasteiger partial charge >= 0.3 is 0 Å². The Morgan fingerprint density at radius 3 is 2.48 bits per heavy atom. The van der Waals surface area contributed by atoms with Crippen LogP contribution in [-0.2, 0) is 14.8 Å². The maximum atomic E-state index is 11.8. The molecule has 0 aromatic rings. The minimum atomic E-state index is -3.31. The monoisotopic (exact) mass is 341 g/mol. The van der Waals surface area contributed by atoms with E-state index in [2.05, 4.69) is 10.0 Å². The first-order valence-electron chi connectivity index (χ1n) is 7.31. The van der Waals surface area contributed by atoms with Crippen LogP contribution in [0.2, 0.25) is 0 Å². The molecule has 8 heteroatoms. The number of halogens is 1. The maximum absolute atomic E-state index is 11.8. The van der Waals surface area contributed by atoms with Crippen molar-refractivity contribution in [1.82, 2.24) is 10.0 Å². The molecule has 0 spiro atoms. The highest BCUT2D eigenvalue weighted by molar-refractivity contribution is 7.89. The van der Waals surface area contributed by atoms with Crippen molar-refractivity contribution in [1.29, 1.82) is 0 Å². The summed E-state index contributed by atoms with van der Waals surface area (Å²) in [5.74, 6) is 0.0815. The number of rotatable bonds is 9. The van der Waals surface area contributed by atoms with E-state index in [9.17, 15) is 13.2 Å². The van der Waals surface area contributed by atoms with Crippen molar-refractivity contribution in [2.24, 2.45) is 11.7 Å². The minimum absolute atomic E-state index is 0. The zero-order chi connectivity index (χ0) is 15.2. The fraction of sp³-hybridized carbons (Fsp3) is 0.923. The predicted octanol–water partition coefficient (Wildman–Crippen LogP) is 0.761. The van der Waals surface area contributed by atoms with Gasteiger partial charge in [0, 0.05) is 13.1 Å². The van der Waals surface area contributed by atoms with Gasteiger partial charge in [-0.15, -0.1) is 12.4 Å². The Morgan fingerprint density at radius 2 is 2.00 bits per heavy atom. The summed E-state index contributed by atoms with van der Waals surface area (Å²) in [6.45, 7) is 4.22. The van der Waals surface area contributed by atoms with Gasteiger partial charge in [0.05, 0.1) is 11.3 Å². The van der Waals surface area contributed by atoms with Gasteiger partial charge in [0.2, 0.25) is 15.9 Å². The first-order valence-corrected chi connectivity index (χ1v) is 8.96. The summed E-state index contributed by atoms with van der Waals surface area (Å²) in [6.07, 6.45) is 4.77. The number of nitrogens with two attached hydrogens (primary N) is 1. The van der Waals surface area contributed by atoms with E-state index in [1.807, 2.05) is 6.92 Å². The van der Waals surface area contributed by atoms with Crippen LogP contribution in [0.15, 0.2) is 0 Å². The van der Waals surface area contributed by atoms with Crippen LogP contribution in [0.3, 0.4) is 0 Å². The van der Waals surface area contributed by atoms with E-state index in [1.165, 1.54) is 6.42 Å². The van der Waals surface area contributed by atoms with E-state index in [4.69, 9.17) is 5.73 Å². The zero-order valence-electron chi connectivity index (χ0n) is 12.9. The van der Waals surface area contributed by atoms with Crippen molar-refractivity contribution >= 4 is 28.3 Å². The number of hydrogen-bond acceptors (Lipinski definition) is 4. The number of hydrogen-bond donors (Lipinski definition) is 3. The third kappa shape index (κ3) is 7.44. The lowest BCUT2D eigenvalue weighted by Crippen LogP contribution is -2.52. The predicted molar refractivity (Wildman–Crippen MR) is 86.9 cm³/mol. The molecule has 0 saturated heterocycles. The summed E-state index contributed by atoms with van der Waals surface area (Å²) < 4.78 is 26.1. The second-order valence-electron chi connectivity index (χ2n) is 5.89. The highest BCUT2D eigenvalue weighted by Gasteiger charge is 2.27. The van der Waals surface area contributed by atoms with Crippen LogP contribution in [0.4, 0.5) is 0 Å². The summed E-state index contributed by atoms with van der Waals surface area (Å²) in [4.78, 5) is 11.8. The van der Waals surface area contributed by atoms with E-state index >= 15 is 0 Å². The molecule has 0 aromatic heterocycles. The lowest BCUT2D eigenvalue weighted by atomic mass is 9.86. The Kier molecular flexibility index (Phi) is 8.77. The third-order valence-electron chi connectivity index (χ3n) is 3.76. The number of sulfonamides is 1. The average molecular weight is 342 g/mol. The van der Waals surface area contributed by atoms with Crippen molar-refractivity contribution < 1.29 is 13.2 Å². The number of carbonyl (C=O) groups is 1. The van der Waals surface area contributed by atoms with Gasteiger partial charge in [0.25, 0.3) is 0 Å². The highest BCUT2D eigenvalue weighted by atomic mass is 35.5. The van der Waals surface area contributed by atoms with Crippen LogP contribution in [-0.4, -0.2) is 38.7 Å². The number of amides is 1. The van der Waals surface area contributed by atoms with Crippen LogP contribution in [0, 0.1) is 5.92 Å². The normalized spacial score (nSPS) is 18.2. The molecule has 1 fully saturated rings. The van der Waals surface area contributed by atoms with Gasteiger partial charge in [-0.3, -0.25) is 4.79 Å². The average Bonchev–Trinajstić information content (AvgIpc) is 2.26. The van der Waals surface area contributed by atoms with E-state index < -0.39 is 15.6 Å². The summed E-state index contributed by atoms with van der Waals surface area (Å²) in [7, 11) is -3.31. The SMILES string of the molecule is CCCC(C)(N)C(=O)NCCS(=O)(=O)NCC1CCC1.Cl. The van der Waals surface area contributed by atoms with Crippen molar-refractivity contribution in [2.75, 3.05) is 18.8 Å². The van der Waals surface area contributed by atoms with Gasteiger partial charge in [-0.2, -0.15) is 0 Å². The van der Waals surface area contributed by atoms with E-state index in [0.29, 0.717) is 18.9 Å². The molecule has 126 valence electrons. The Morgan fingerprint density at radius 1 is 1.38 bits per heavy atom. The molecule has 1 saturated carbocycles. The molecular weight excluding hydrogens is 314 g/mol. The quantitative estimate of drug-likeness (QED) is 0.576. The molecule has 21 heavy (non-hydrogen) atoms. The molecule has 0 bridgehead atoms. The molecule has 1 rings (SSSR count). The second-order valence-corrected chi connectivity index (χ2v) is 7.81. The van der Waals surface area contributed by atoms with Crippen molar-refractivity contribution in [2.45, 2.75) is 51.5 Å². The molecule has 0 aliphatic heterocycles. The third-order valence-corrected chi connectivity index (χ3v) is 5.11. The second kappa shape index (κ2) is 8.92. The summed E-state index contributed by atoms with van der Waals surface area (Å²) in [6, 6.07) is 0. The van der Waals surface area contributed by atoms with Gasteiger partial charge in [-0.05, 0) is 32.1 Å². The molecule has 0 heterocycles. The lowest BCUT2D eigenvalue weighted by molar-refractivity contribution is -0.125. The van der Waals surface area contributed by atoms with E-state index in [0.717, 1.165) is 19.3 Å². The van der Waals surface area contributed by atoms with E-state index in [1.54, 1.807) is 6.92 Å². The van der Waals surface area contributed by atoms with Gasteiger partial charge in [-0.25, -0.2) is 13.1 Å². The van der Waals surface area contributed by atoms with Gasteiger partial charge < -0.3 is 11.1 Å². The minimum Gasteiger partial charge on any atom is -0.353 e. The Balaban J connectivity index is 0.00000400. The fourth-order valence-electron chi connectivity index (χ4n) is 2.15. The van der Waals surface area contributed by atoms with Gasteiger partial charge in [0.15, 0.2) is 0 Å². The Labute approximate surface area is 134 Å².